The molecule has 0 saturated heterocycles. The highest BCUT2D eigenvalue weighted by molar-refractivity contribution is 5.21. The summed E-state index contributed by atoms with van der Waals surface area (Å²) in [5, 5.41) is 13.6. The first-order valence-electron chi connectivity index (χ1n) is 6.16. The molecule has 2 N–H and O–H groups in total. The molecular formula is C14H24N2O. The van der Waals surface area contributed by atoms with Gasteiger partial charge in [0.25, 0.3) is 0 Å². The van der Waals surface area contributed by atoms with Crippen molar-refractivity contribution in [1.29, 1.82) is 0 Å². The van der Waals surface area contributed by atoms with Crippen LogP contribution >= 0.6 is 0 Å². The van der Waals surface area contributed by atoms with Gasteiger partial charge in [0, 0.05) is 6.54 Å². The van der Waals surface area contributed by atoms with Gasteiger partial charge in [-0.15, -0.1) is 0 Å². The van der Waals surface area contributed by atoms with Gasteiger partial charge in [-0.2, -0.15) is 0 Å². The Hall–Kier alpha value is -0.900. The Kier molecular flexibility index (Phi) is 5.62. The molecule has 0 fully saturated rings. The number of benzene rings is 1. The Morgan fingerprint density at radius 2 is 1.88 bits per heavy atom. The highest BCUT2D eigenvalue weighted by Crippen LogP contribution is 2.18. The van der Waals surface area contributed by atoms with E-state index in [0.717, 1.165) is 25.1 Å². The minimum atomic E-state index is -0.792. The minimum Gasteiger partial charge on any atom is -0.384 e. The van der Waals surface area contributed by atoms with Crippen molar-refractivity contribution in [2.75, 3.05) is 33.7 Å². The van der Waals surface area contributed by atoms with Crippen molar-refractivity contribution >= 4 is 0 Å². The SMILES string of the molecule is CN(C)CCCNCC(C)(O)c1ccccc1. The van der Waals surface area contributed by atoms with E-state index >= 15 is 0 Å². The molecule has 0 spiro atoms. The van der Waals surface area contributed by atoms with Crippen LogP contribution in [0.5, 0.6) is 0 Å². The highest BCUT2D eigenvalue weighted by atomic mass is 16.3. The van der Waals surface area contributed by atoms with Crippen LogP contribution < -0.4 is 5.32 Å². The van der Waals surface area contributed by atoms with Crippen molar-refractivity contribution in [2.45, 2.75) is 18.9 Å². The number of nitrogens with zero attached hydrogens (tertiary/aromatic N) is 1. The predicted octanol–water partition coefficient (Wildman–Crippen LogP) is 1.44. The first-order valence-corrected chi connectivity index (χ1v) is 6.16. The molecule has 0 radical (unpaired) electrons. The Labute approximate surface area is 104 Å². The number of aliphatic hydroxyl groups is 1. The van der Waals surface area contributed by atoms with Gasteiger partial charge in [-0.1, -0.05) is 30.3 Å². The summed E-state index contributed by atoms with van der Waals surface area (Å²) in [6, 6.07) is 9.79. The van der Waals surface area contributed by atoms with E-state index in [-0.39, 0.29) is 0 Å². The molecule has 0 bridgehead atoms. The van der Waals surface area contributed by atoms with Crippen molar-refractivity contribution in [3.05, 3.63) is 35.9 Å². The van der Waals surface area contributed by atoms with Gasteiger partial charge in [0.15, 0.2) is 0 Å². The molecule has 0 aromatic heterocycles. The number of hydrogen-bond acceptors (Lipinski definition) is 3. The fourth-order valence-electron chi connectivity index (χ4n) is 1.75. The average molecular weight is 236 g/mol. The third-order valence-corrected chi connectivity index (χ3v) is 2.82. The van der Waals surface area contributed by atoms with Crippen LogP contribution in [0.15, 0.2) is 30.3 Å². The number of nitrogens with one attached hydrogen (secondary N) is 1. The van der Waals surface area contributed by atoms with Crippen molar-refractivity contribution < 1.29 is 5.11 Å². The van der Waals surface area contributed by atoms with Gasteiger partial charge in [-0.25, -0.2) is 0 Å². The average Bonchev–Trinajstić information content (AvgIpc) is 2.29. The van der Waals surface area contributed by atoms with Crippen LogP contribution in [0.2, 0.25) is 0 Å². The summed E-state index contributed by atoms with van der Waals surface area (Å²) in [5.41, 5.74) is 0.166. The molecule has 96 valence electrons. The highest BCUT2D eigenvalue weighted by Gasteiger charge is 2.21. The molecule has 0 amide bonds. The Bertz CT molecular complexity index is 309. The maximum absolute atomic E-state index is 10.3. The lowest BCUT2D eigenvalue weighted by atomic mass is 9.96. The van der Waals surface area contributed by atoms with Crippen LogP contribution in [0.3, 0.4) is 0 Å². The van der Waals surface area contributed by atoms with Crippen molar-refractivity contribution in [1.82, 2.24) is 10.2 Å². The van der Waals surface area contributed by atoms with Gasteiger partial charge in [0.2, 0.25) is 0 Å². The van der Waals surface area contributed by atoms with Gasteiger partial charge in [0.05, 0.1) is 5.60 Å². The molecule has 0 aliphatic rings. The largest absolute Gasteiger partial charge is 0.384 e. The van der Waals surface area contributed by atoms with Crippen LogP contribution in [0.1, 0.15) is 18.9 Å². The lowest BCUT2D eigenvalue weighted by molar-refractivity contribution is 0.0570. The normalized spacial score (nSPS) is 14.9. The molecule has 0 aliphatic heterocycles. The quantitative estimate of drug-likeness (QED) is 0.703. The summed E-state index contributed by atoms with van der Waals surface area (Å²) in [6.07, 6.45) is 1.10. The van der Waals surface area contributed by atoms with Crippen molar-refractivity contribution in [3.8, 4) is 0 Å². The summed E-state index contributed by atoms with van der Waals surface area (Å²) in [4.78, 5) is 2.16. The number of hydrogen-bond donors (Lipinski definition) is 2. The van der Waals surface area contributed by atoms with E-state index in [2.05, 4.69) is 24.3 Å². The molecule has 0 saturated carbocycles. The van der Waals surface area contributed by atoms with Crippen molar-refractivity contribution in [2.24, 2.45) is 0 Å². The van der Waals surface area contributed by atoms with Crippen molar-refractivity contribution in [3.63, 3.8) is 0 Å². The van der Waals surface area contributed by atoms with Gasteiger partial charge in [-0.05, 0) is 46.1 Å². The zero-order valence-corrected chi connectivity index (χ0v) is 11.1. The minimum absolute atomic E-state index is 0.588. The smallest absolute Gasteiger partial charge is 0.0992 e. The van der Waals surface area contributed by atoms with E-state index in [4.69, 9.17) is 0 Å². The summed E-state index contributed by atoms with van der Waals surface area (Å²) in [7, 11) is 4.14. The fraction of sp³-hybridized carbons (Fsp3) is 0.571. The van der Waals surface area contributed by atoms with Gasteiger partial charge < -0.3 is 15.3 Å². The van der Waals surface area contributed by atoms with E-state index in [1.165, 1.54) is 0 Å². The van der Waals surface area contributed by atoms with Crippen LogP contribution in [-0.4, -0.2) is 43.7 Å². The Morgan fingerprint density at radius 3 is 2.47 bits per heavy atom. The third-order valence-electron chi connectivity index (χ3n) is 2.82. The first kappa shape index (κ1) is 14.2. The summed E-state index contributed by atoms with van der Waals surface area (Å²) >= 11 is 0. The molecule has 0 heterocycles. The van der Waals surface area contributed by atoms with Gasteiger partial charge in [-0.3, -0.25) is 0 Å². The maximum atomic E-state index is 10.3. The van der Waals surface area contributed by atoms with Crippen LogP contribution in [0.25, 0.3) is 0 Å². The summed E-state index contributed by atoms with van der Waals surface area (Å²) < 4.78 is 0. The Balaban J connectivity index is 2.30. The van der Waals surface area contributed by atoms with Crippen LogP contribution in [0, 0.1) is 0 Å². The van der Waals surface area contributed by atoms with E-state index in [1.54, 1.807) is 0 Å². The van der Waals surface area contributed by atoms with E-state index in [1.807, 2.05) is 37.3 Å². The third kappa shape index (κ3) is 5.31. The van der Waals surface area contributed by atoms with Crippen LogP contribution in [-0.2, 0) is 5.60 Å². The molecule has 17 heavy (non-hydrogen) atoms. The van der Waals surface area contributed by atoms with E-state index < -0.39 is 5.60 Å². The molecular weight excluding hydrogens is 212 g/mol. The maximum Gasteiger partial charge on any atom is 0.0992 e. The molecule has 1 unspecified atom stereocenters. The second-order valence-electron chi connectivity index (χ2n) is 4.97. The number of rotatable bonds is 7. The lowest BCUT2D eigenvalue weighted by Crippen LogP contribution is -2.36. The molecule has 1 atom stereocenters. The Morgan fingerprint density at radius 1 is 1.24 bits per heavy atom. The lowest BCUT2D eigenvalue weighted by Gasteiger charge is -2.24. The zero-order valence-electron chi connectivity index (χ0n) is 11.1. The molecule has 0 aliphatic carbocycles. The van der Waals surface area contributed by atoms with Crippen LogP contribution in [0.4, 0.5) is 0 Å². The topological polar surface area (TPSA) is 35.5 Å². The molecule has 3 heteroatoms. The molecule has 1 rings (SSSR count). The van der Waals surface area contributed by atoms with Gasteiger partial charge >= 0.3 is 0 Å². The molecule has 1 aromatic carbocycles. The van der Waals surface area contributed by atoms with E-state index in [9.17, 15) is 5.11 Å². The summed E-state index contributed by atoms with van der Waals surface area (Å²) in [6.45, 7) is 4.44. The van der Waals surface area contributed by atoms with E-state index in [0.29, 0.717) is 6.54 Å². The standard InChI is InChI=1S/C14H24N2O/c1-14(17,13-8-5-4-6-9-13)12-15-10-7-11-16(2)3/h4-6,8-9,15,17H,7,10-12H2,1-3H3. The predicted molar refractivity (Wildman–Crippen MR) is 72.1 cm³/mol. The first-order chi connectivity index (χ1) is 8.02. The fourth-order valence-corrected chi connectivity index (χ4v) is 1.75. The van der Waals surface area contributed by atoms with Gasteiger partial charge in [0.1, 0.15) is 0 Å². The molecule has 1 aromatic rings. The summed E-state index contributed by atoms with van der Waals surface area (Å²) in [5.74, 6) is 0. The molecule has 3 nitrogen and oxygen atoms in total. The monoisotopic (exact) mass is 236 g/mol. The second kappa shape index (κ2) is 6.74. The zero-order chi connectivity index (χ0) is 12.7. The second-order valence-corrected chi connectivity index (χ2v) is 4.97.